The van der Waals surface area contributed by atoms with Crippen molar-refractivity contribution in [2.45, 2.75) is 24.8 Å². The molecule has 0 aliphatic carbocycles. The second-order valence-electron chi connectivity index (χ2n) is 7.22. The maximum atomic E-state index is 12.8. The molecule has 1 fully saturated rings. The minimum absolute atomic E-state index is 0.0293. The van der Waals surface area contributed by atoms with E-state index in [1.54, 1.807) is 11.2 Å². The Morgan fingerprint density at radius 1 is 1.21 bits per heavy atom. The fourth-order valence-corrected chi connectivity index (χ4v) is 4.36. The zero-order valence-corrected chi connectivity index (χ0v) is 15.7. The summed E-state index contributed by atoms with van der Waals surface area (Å²) < 4.78 is 5.07. The fourth-order valence-electron chi connectivity index (χ4n) is 4.36. The highest BCUT2D eigenvalue weighted by atomic mass is 16.5. The van der Waals surface area contributed by atoms with Gasteiger partial charge in [-0.2, -0.15) is 0 Å². The molecule has 2 N–H and O–H groups in total. The van der Waals surface area contributed by atoms with Crippen LogP contribution in [0.4, 0.5) is 0 Å². The van der Waals surface area contributed by atoms with Crippen molar-refractivity contribution in [2.24, 2.45) is 0 Å². The topological polar surface area (TPSA) is 111 Å². The molecule has 9 nitrogen and oxygen atoms in total. The number of imidazole rings is 1. The van der Waals surface area contributed by atoms with Gasteiger partial charge in [0.15, 0.2) is 0 Å². The number of aromatic nitrogens is 3. The third-order valence-corrected chi connectivity index (χ3v) is 5.74. The van der Waals surface area contributed by atoms with Gasteiger partial charge in [0.1, 0.15) is 6.61 Å². The van der Waals surface area contributed by atoms with Gasteiger partial charge in [0, 0.05) is 51.1 Å². The van der Waals surface area contributed by atoms with E-state index >= 15 is 0 Å². The third kappa shape index (κ3) is 3.01. The first-order valence-corrected chi connectivity index (χ1v) is 9.35. The molecule has 2 aliphatic rings. The molecule has 0 bridgehead atoms. The number of nitrogens with zero attached hydrogens (tertiary/aromatic N) is 3. The first-order valence-electron chi connectivity index (χ1n) is 9.35. The summed E-state index contributed by atoms with van der Waals surface area (Å²) in [5.74, 6) is -0.185. The number of carbonyl (C=O) groups is 2. The number of nitrogens with one attached hydrogen (secondary N) is 2. The maximum absolute atomic E-state index is 12.8. The normalized spacial score (nSPS) is 18.2. The summed E-state index contributed by atoms with van der Waals surface area (Å²) in [5.41, 5.74) is 1.65. The van der Waals surface area contributed by atoms with Crippen LogP contribution in [0.15, 0.2) is 29.5 Å². The minimum atomic E-state index is -0.523. The first-order chi connectivity index (χ1) is 13.5. The van der Waals surface area contributed by atoms with Gasteiger partial charge < -0.3 is 24.5 Å². The number of fused-ring (bicyclic) bond motifs is 2. The molecule has 0 atom stereocenters. The molecule has 0 aromatic carbocycles. The van der Waals surface area contributed by atoms with Crippen LogP contribution >= 0.6 is 0 Å². The molecule has 4 heterocycles. The van der Waals surface area contributed by atoms with Crippen LogP contribution in [0.1, 0.15) is 34.6 Å². The predicted molar refractivity (Wildman–Crippen MR) is 99.8 cm³/mol. The molecule has 0 unspecified atom stereocenters. The molecule has 2 amide bonds. The van der Waals surface area contributed by atoms with Crippen LogP contribution in [0.3, 0.4) is 0 Å². The molecule has 1 saturated heterocycles. The van der Waals surface area contributed by atoms with E-state index in [-0.39, 0.29) is 24.0 Å². The van der Waals surface area contributed by atoms with Crippen molar-refractivity contribution >= 4 is 11.8 Å². The number of methoxy groups -OCH3 is 1. The molecule has 28 heavy (non-hydrogen) atoms. The number of hydrogen-bond donors (Lipinski definition) is 2. The number of rotatable bonds is 3. The van der Waals surface area contributed by atoms with E-state index in [0.717, 1.165) is 17.8 Å². The number of amides is 2. The lowest BCUT2D eigenvalue weighted by molar-refractivity contribution is -0.145. The average molecular weight is 385 g/mol. The van der Waals surface area contributed by atoms with Crippen LogP contribution in [0.5, 0.6) is 0 Å². The lowest BCUT2D eigenvalue weighted by Gasteiger charge is -2.50. The predicted octanol–water partition coefficient (Wildman–Crippen LogP) is 0.261. The van der Waals surface area contributed by atoms with Gasteiger partial charge in [0.05, 0.1) is 23.1 Å². The highest BCUT2D eigenvalue weighted by Crippen LogP contribution is 2.42. The summed E-state index contributed by atoms with van der Waals surface area (Å²) in [7, 11) is 1.51. The number of carbonyl (C=O) groups excluding carboxylic acids is 2. The summed E-state index contributed by atoms with van der Waals surface area (Å²) in [5, 5.41) is 0. The Balaban J connectivity index is 1.58. The second-order valence-corrected chi connectivity index (χ2v) is 7.22. The van der Waals surface area contributed by atoms with Crippen molar-refractivity contribution in [3.63, 3.8) is 0 Å². The van der Waals surface area contributed by atoms with Crippen LogP contribution in [-0.4, -0.2) is 69.9 Å². The van der Waals surface area contributed by atoms with Gasteiger partial charge in [0.25, 0.3) is 5.91 Å². The van der Waals surface area contributed by atoms with Crippen molar-refractivity contribution < 1.29 is 14.3 Å². The zero-order valence-electron chi connectivity index (χ0n) is 15.7. The largest absolute Gasteiger partial charge is 0.375 e. The molecule has 2 aromatic rings. The van der Waals surface area contributed by atoms with Crippen molar-refractivity contribution in [3.05, 3.63) is 52.0 Å². The van der Waals surface area contributed by atoms with E-state index in [4.69, 9.17) is 4.74 Å². The summed E-state index contributed by atoms with van der Waals surface area (Å²) in [6.45, 7) is 1.63. The second kappa shape index (κ2) is 7.23. The molecule has 0 saturated carbocycles. The number of likely N-dealkylation sites (tertiary alicyclic amines) is 1. The Morgan fingerprint density at radius 2 is 2.00 bits per heavy atom. The Morgan fingerprint density at radius 3 is 2.68 bits per heavy atom. The van der Waals surface area contributed by atoms with Crippen molar-refractivity contribution in [1.29, 1.82) is 0 Å². The van der Waals surface area contributed by atoms with Gasteiger partial charge in [-0.05, 0) is 18.9 Å². The van der Waals surface area contributed by atoms with Gasteiger partial charge >= 0.3 is 0 Å². The van der Waals surface area contributed by atoms with Gasteiger partial charge in [-0.15, -0.1) is 0 Å². The average Bonchev–Trinajstić information content (AvgIpc) is 3.19. The van der Waals surface area contributed by atoms with E-state index in [1.807, 2.05) is 4.90 Å². The number of H-pyrrole nitrogens is 2. The Kier molecular flexibility index (Phi) is 4.76. The van der Waals surface area contributed by atoms with Gasteiger partial charge in [-0.25, -0.2) is 4.98 Å². The summed E-state index contributed by atoms with van der Waals surface area (Å²) in [6, 6.07) is 2.88. The van der Waals surface area contributed by atoms with Crippen LogP contribution < -0.4 is 5.56 Å². The van der Waals surface area contributed by atoms with Crippen molar-refractivity contribution in [1.82, 2.24) is 24.8 Å². The highest BCUT2D eigenvalue weighted by molar-refractivity contribution is 5.94. The minimum Gasteiger partial charge on any atom is -0.375 e. The van der Waals surface area contributed by atoms with Crippen molar-refractivity contribution in [2.75, 3.05) is 33.4 Å². The molecule has 2 aromatic heterocycles. The van der Waals surface area contributed by atoms with Gasteiger partial charge in [0.2, 0.25) is 11.5 Å². The lowest BCUT2D eigenvalue weighted by Crippen LogP contribution is -2.59. The Hall–Kier alpha value is -2.94. The number of ether oxygens (including phenoxy) is 1. The fraction of sp³-hybridized carbons (Fsp3) is 0.474. The molecule has 148 valence electrons. The Labute approximate surface area is 161 Å². The molecule has 0 radical (unpaired) electrons. The molecular weight excluding hydrogens is 362 g/mol. The quantitative estimate of drug-likeness (QED) is 0.787. The van der Waals surface area contributed by atoms with Crippen LogP contribution in [0, 0.1) is 0 Å². The summed E-state index contributed by atoms with van der Waals surface area (Å²) in [6.07, 6.45) is 5.06. The number of pyridine rings is 1. The summed E-state index contributed by atoms with van der Waals surface area (Å²) in [4.78, 5) is 50.6. The maximum Gasteiger partial charge on any atom is 0.255 e. The van der Waals surface area contributed by atoms with E-state index in [0.29, 0.717) is 38.0 Å². The van der Waals surface area contributed by atoms with E-state index in [1.165, 1.54) is 25.4 Å². The number of hydrogen-bond acceptors (Lipinski definition) is 5. The molecule has 4 rings (SSSR count). The third-order valence-electron chi connectivity index (χ3n) is 5.74. The summed E-state index contributed by atoms with van der Waals surface area (Å²) >= 11 is 0. The SMILES string of the molecule is COCC(=O)N1CCc2[nH]cnc2C12CCN(C(=O)c1ccc(=O)[nH]c1)CC2. The highest BCUT2D eigenvalue weighted by Gasteiger charge is 2.49. The van der Waals surface area contributed by atoms with Crippen LogP contribution in [-0.2, 0) is 21.5 Å². The molecular formula is C19H23N5O4. The smallest absolute Gasteiger partial charge is 0.255 e. The Bertz CT molecular complexity index is 921. The lowest BCUT2D eigenvalue weighted by atomic mass is 9.78. The van der Waals surface area contributed by atoms with E-state index in [9.17, 15) is 14.4 Å². The van der Waals surface area contributed by atoms with Gasteiger partial charge in [-0.1, -0.05) is 0 Å². The first kappa shape index (κ1) is 18.4. The van der Waals surface area contributed by atoms with Crippen LogP contribution in [0.2, 0.25) is 0 Å². The van der Waals surface area contributed by atoms with Crippen LogP contribution in [0.25, 0.3) is 0 Å². The van der Waals surface area contributed by atoms with E-state index in [2.05, 4.69) is 15.0 Å². The standard InChI is InChI=1S/C19H23N5O4/c1-28-11-16(26)24-7-4-14-17(22-12-21-14)19(24)5-8-23(9-6-19)18(27)13-2-3-15(25)20-10-13/h2-3,10,12H,4-9,11H2,1H3,(H,20,25)(H,21,22). The number of piperidine rings is 1. The van der Waals surface area contributed by atoms with Crippen molar-refractivity contribution in [3.8, 4) is 0 Å². The number of aromatic amines is 2. The van der Waals surface area contributed by atoms with E-state index < -0.39 is 5.54 Å². The van der Waals surface area contributed by atoms with Gasteiger partial charge in [-0.3, -0.25) is 14.4 Å². The molecule has 2 aliphatic heterocycles. The molecule has 9 heteroatoms. The monoisotopic (exact) mass is 385 g/mol. The molecule has 1 spiro atoms. The zero-order chi connectivity index (χ0) is 19.7.